The van der Waals surface area contributed by atoms with Gasteiger partial charge in [0.05, 0.1) is 5.52 Å². The molecule has 3 heteroatoms. The Labute approximate surface area is 100 Å². The Morgan fingerprint density at radius 2 is 2.18 bits per heavy atom. The number of aromatic nitrogens is 1. The molecule has 0 unspecified atom stereocenters. The molecule has 2 nitrogen and oxygen atoms in total. The average molecular weight is 232 g/mol. The Balaban J connectivity index is 1.94. The molecule has 0 aliphatic heterocycles. The van der Waals surface area contributed by atoms with Crippen LogP contribution in [0.4, 0.5) is 4.39 Å². The minimum atomic E-state index is -0.175. The SMILES string of the molecule is Cc1c(CCC2(N)CC2)[nH]c2c(F)cccc12. The Hall–Kier alpha value is -1.35. The smallest absolute Gasteiger partial charge is 0.147 e. The van der Waals surface area contributed by atoms with Crippen molar-refractivity contribution in [2.75, 3.05) is 0 Å². The number of aryl methyl sites for hydroxylation is 2. The molecule has 1 aliphatic rings. The van der Waals surface area contributed by atoms with Gasteiger partial charge in [0.2, 0.25) is 0 Å². The molecular weight excluding hydrogens is 215 g/mol. The van der Waals surface area contributed by atoms with Gasteiger partial charge in [-0.3, -0.25) is 0 Å². The first-order valence-electron chi connectivity index (χ1n) is 6.14. The van der Waals surface area contributed by atoms with Crippen LogP contribution in [-0.2, 0) is 6.42 Å². The largest absolute Gasteiger partial charge is 0.356 e. The van der Waals surface area contributed by atoms with E-state index in [9.17, 15) is 4.39 Å². The predicted molar refractivity (Wildman–Crippen MR) is 67.5 cm³/mol. The number of benzene rings is 1. The monoisotopic (exact) mass is 232 g/mol. The molecule has 3 rings (SSSR count). The molecule has 1 aromatic carbocycles. The molecule has 1 aliphatic carbocycles. The first kappa shape index (κ1) is 10.8. The zero-order valence-electron chi connectivity index (χ0n) is 10.0. The van der Waals surface area contributed by atoms with E-state index >= 15 is 0 Å². The summed E-state index contributed by atoms with van der Waals surface area (Å²) in [5, 5.41) is 0.988. The van der Waals surface area contributed by atoms with E-state index in [1.54, 1.807) is 6.07 Å². The molecule has 1 aromatic heterocycles. The van der Waals surface area contributed by atoms with Crippen molar-refractivity contribution >= 4 is 10.9 Å². The van der Waals surface area contributed by atoms with Crippen molar-refractivity contribution in [3.63, 3.8) is 0 Å². The van der Waals surface area contributed by atoms with Crippen molar-refractivity contribution in [2.24, 2.45) is 5.73 Å². The number of aromatic amines is 1. The van der Waals surface area contributed by atoms with E-state index in [1.807, 2.05) is 13.0 Å². The highest BCUT2D eigenvalue weighted by Gasteiger charge is 2.37. The van der Waals surface area contributed by atoms with Gasteiger partial charge in [0.25, 0.3) is 0 Å². The van der Waals surface area contributed by atoms with Gasteiger partial charge in [0.15, 0.2) is 0 Å². The van der Waals surface area contributed by atoms with Gasteiger partial charge in [-0.25, -0.2) is 4.39 Å². The van der Waals surface area contributed by atoms with Gasteiger partial charge in [-0.2, -0.15) is 0 Å². The van der Waals surface area contributed by atoms with Crippen molar-refractivity contribution in [3.05, 3.63) is 35.3 Å². The zero-order chi connectivity index (χ0) is 12.0. The molecule has 0 amide bonds. The van der Waals surface area contributed by atoms with Crippen LogP contribution in [0.2, 0.25) is 0 Å². The second kappa shape index (κ2) is 3.57. The van der Waals surface area contributed by atoms with Gasteiger partial charge in [-0.1, -0.05) is 12.1 Å². The maximum Gasteiger partial charge on any atom is 0.147 e. The minimum absolute atomic E-state index is 0.0578. The number of halogens is 1. The summed E-state index contributed by atoms with van der Waals surface area (Å²) in [5.41, 5.74) is 9.05. The first-order valence-corrected chi connectivity index (χ1v) is 6.14. The van der Waals surface area contributed by atoms with Crippen LogP contribution in [0, 0.1) is 12.7 Å². The number of H-pyrrole nitrogens is 1. The summed E-state index contributed by atoms with van der Waals surface area (Å²) in [4.78, 5) is 3.20. The number of hydrogen-bond donors (Lipinski definition) is 2. The van der Waals surface area contributed by atoms with Crippen molar-refractivity contribution < 1.29 is 4.39 Å². The van der Waals surface area contributed by atoms with E-state index in [0.29, 0.717) is 5.52 Å². The number of hydrogen-bond acceptors (Lipinski definition) is 1. The number of fused-ring (bicyclic) bond motifs is 1. The minimum Gasteiger partial charge on any atom is -0.356 e. The summed E-state index contributed by atoms with van der Waals surface area (Å²) in [5.74, 6) is -0.175. The summed E-state index contributed by atoms with van der Waals surface area (Å²) in [6.07, 6.45) is 4.15. The third-order valence-electron chi connectivity index (χ3n) is 3.91. The second-order valence-corrected chi connectivity index (χ2v) is 5.25. The zero-order valence-corrected chi connectivity index (χ0v) is 10.0. The van der Waals surface area contributed by atoms with E-state index in [-0.39, 0.29) is 11.4 Å². The summed E-state index contributed by atoms with van der Waals surface area (Å²) < 4.78 is 13.6. The molecule has 1 heterocycles. The molecule has 1 fully saturated rings. The van der Waals surface area contributed by atoms with Gasteiger partial charge in [-0.15, -0.1) is 0 Å². The third-order valence-corrected chi connectivity index (χ3v) is 3.91. The third kappa shape index (κ3) is 1.84. The van der Waals surface area contributed by atoms with Crippen molar-refractivity contribution in [3.8, 4) is 0 Å². The van der Waals surface area contributed by atoms with E-state index in [2.05, 4.69) is 4.98 Å². The summed E-state index contributed by atoms with van der Waals surface area (Å²) >= 11 is 0. The van der Waals surface area contributed by atoms with Gasteiger partial charge in [-0.05, 0) is 44.2 Å². The molecule has 2 aromatic rings. The predicted octanol–water partition coefficient (Wildman–Crippen LogP) is 3.04. The summed E-state index contributed by atoms with van der Waals surface area (Å²) in [7, 11) is 0. The number of nitrogens with two attached hydrogens (primary N) is 1. The average Bonchev–Trinajstić information content (AvgIpc) is 2.95. The first-order chi connectivity index (χ1) is 8.09. The van der Waals surface area contributed by atoms with Crippen LogP contribution >= 0.6 is 0 Å². The fraction of sp³-hybridized carbons (Fsp3) is 0.429. The normalized spacial score (nSPS) is 17.6. The number of para-hydroxylation sites is 1. The van der Waals surface area contributed by atoms with E-state index in [0.717, 1.165) is 42.3 Å². The van der Waals surface area contributed by atoms with Crippen molar-refractivity contribution in [1.82, 2.24) is 4.98 Å². The highest BCUT2D eigenvalue weighted by Crippen LogP contribution is 2.37. The van der Waals surface area contributed by atoms with Crippen LogP contribution in [0.1, 0.15) is 30.5 Å². The van der Waals surface area contributed by atoms with Crippen molar-refractivity contribution in [2.45, 2.75) is 38.1 Å². The lowest BCUT2D eigenvalue weighted by molar-refractivity contribution is 0.603. The molecule has 3 N–H and O–H groups in total. The molecule has 0 atom stereocenters. The van der Waals surface area contributed by atoms with Gasteiger partial charge in [0, 0.05) is 16.6 Å². The van der Waals surface area contributed by atoms with Crippen LogP contribution in [-0.4, -0.2) is 10.5 Å². The number of nitrogens with one attached hydrogen (secondary N) is 1. The van der Waals surface area contributed by atoms with Crippen LogP contribution < -0.4 is 5.73 Å². The molecule has 90 valence electrons. The fourth-order valence-corrected chi connectivity index (χ4v) is 2.41. The molecule has 0 radical (unpaired) electrons. The highest BCUT2D eigenvalue weighted by molar-refractivity contribution is 5.84. The maximum absolute atomic E-state index is 13.6. The lowest BCUT2D eigenvalue weighted by Gasteiger charge is -2.07. The quantitative estimate of drug-likeness (QED) is 0.839. The summed E-state index contributed by atoms with van der Waals surface area (Å²) in [6.45, 7) is 2.05. The summed E-state index contributed by atoms with van der Waals surface area (Å²) in [6, 6.07) is 5.21. The molecule has 17 heavy (non-hydrogen) atoms. The highest BCUT2D eigenvalue weighted by atomic mass is 19.1. The molecule has 1 saturated carbocycles. The molecule has 0 spiro atoms. The van der Waals surface area contributed by atoms with Crippen LogP contribution in [0.25, 0.3) is 10.9 Å². The second-order valence-electron chi connectivity index (χ2n) is 5.25. The molecular formula is C14H17FN2. The van der Waals surface area contributed by atoms with Crippen LogP contribution in [0.5, 0.6) is 0 Å². The van der Waals surface area contributed by atoms with Crippen LogP contribution in [0.15, 0.2) is 18.2 Å². The van der Waals surface area contributed by atoms with E-state index in [4.69, 9.17) is 5.73 Å². The van der Waals surface area contributed by atoms with Gasteiger partial charge in [0.1, 0.15) is 5.82 Å². The van der Waals surface area contributed by atoms with E-state index in [1.165, 1.54) is 6.07 Å². The Morgan fingerprint density at radius 3 is 2.82 bits per heavy atom. The Bertz CT molecular complexity index is 567. The van der Waals surface area contributed by atoms with E-state index < -0.39 is 0 Å². The Morgan fingerprint density at radius 1 is 1.41 bits per heavy atom. The number of rotatable bonds is 3. The topological polar surface area (TPSA) is 41.8 Å². The molecule has 0 bridgehead atoms. The maximum atomic E-state index is 13.6. The van der Waals surface area contributed by atoms with Crippen LogP contribution in [0.3, 0.4) is 0 Å². The fourth-order valence-electron chi connectivity index (χ4n) is 2.41. The van der Waals surface area contributed by atoms with Crippen molar-refractivity contribution in [1.29, 1.82) is 0 Å². The lowest BCUT2D eigenvalue weighted by Crippen LogP contribution is -2.22. The Kier molecular flexibility index (Phi) is 2.26. The van der Waals surface area contributed by atoms with Gasteiger partial charge < -0.3 is 10.7 Å². The standard InChI is InChI=1S/C14H17FN2/c1-9-10-3-2-4-11(15)13(10)17-12(9)5-6-14(16)7-8-14/h2-4,17H,5-8,16H2,1H3. The lowest BCUT2D eigenvalue weighted by atomic mass is 10.1. The molecule has 0 saturated heterocycles. The van der Waals surface area contributed by atoms with Gasteiger partial charge >= 0.3 is 0 Å².